The van der Waals surface area contributed by atoms with Crippen LogP contribution in [-0.4, -0.2) is 37.2 Å². The van der Waals surface area contributed by atoms with Gasteiger partial charge in [0.05, 0.1) is 0 Å². The zero-order valence-corrected chi connectivity index (χ0v) is 54.8. The van der Waals surface area contributed by atoms with Crippen LogP contribution >= 0.6 is 0 Å². The van der Waals surface area contributed by atoms with E-state index in [4.69, 9.17) is 14.2 Å². The normalized spacial score (nSPS) is 12.5. The molecule has 0 saturated heterocycles. The molecule has 0 aliphatic rings. The molecule has 0 spiro atoms. The van der Waals surface area contributed by atoms with Crippen LogP contribution in [0.25, 0.3) is 0 Å². The molecule has 0 rings (SSSR count). The third kappa shape index (κ3) is 67.6. The molecule has 0 aliphatic carbocycles. The summed E-state index contributed by atoms with van der Waals surface area (Å²) in [5.74, 6) is -0.884. The third-order valence-electron chi connectivity index (χ3n) is 15.9. The van der Waals surface area contributed by atoms with E-state index in [9.17, 15) is 14.4 Å². The van der Waals surface area contributed by atoms with Gasteiger partial charge in [-0.3, -0.25) is 14.4 Å². The molecule has 6 nitrogen and oxygen atoms in total. The van der Waals surface area contributed by atoms with Gasteiger partial charge in [0.2, 0.25) is 0 Å². The second kappa shape index (κ2) is 70.3. The Labute approximate surface area is 510 Å². The Morgan fingerprint density at radius 2 is 0.476 bits per heavy atom. The summed E-state index contributed by atoms with van der Waals surface area (Å²) in [7, 11) is 0. The highest BCUT2D eigenvalue weighted by atomic mass is 16.6. The standard InChI is InChI=1S/C76H136O6/c1-4-7-10-13-16-19-22-25-27-29-30-31-32-33-34-35-36-37-38-39-40-41-42-43-44-45-46-48-49-51-54-57-60-63-66-69-75(78)81-72-73(71-80-74(77)68-65-62-59-56-53-24-21-18-15-12-9-6-3)82-76(79)70-67-64-61-58-55-52-50-47-28-26-23-20-17-14-11-8-5-2/h8,11,17,20,22,25-26,28-30,50,52,73H,4-7,9-10,12-16,18-19,21,23-24,27,31-49,51,53-72H2,1-3H3/b11-8-,20-17-,25-22-,28-26-,30-29-,52-50-. The first-order valence-electron chi connectivity index (χ1n) is 35.9. The molecule has 0 aliphatic heterocycles. The molecule has 476 valence electrons. The molecule has 0 aromatic heterocycles. The monoisotopic (exact) mass is 1150 g/mol. The molecule has 1 unspecified atom stereocenters. The van der Waals surface area contributed by atoms with Crippen LogP contribution in [0.3, 0.4) is 0 Å². The minimum atomic E-state index is -0.786. The van der Waals surface area contributed by atoms with Gasteiger partial charge in [-0.25, -0.2) is 0 Å². The number of hydrogen-bond donors (Lipinski definition) is 0. The molecule has 0 bridgehead atoms. The fraction of sp³-hybridized carbons (Fsp3) is 0.803. The quantitative estimate of drug-likeness (QED) is 0.0261. The van der Waals surface area contributed by atoms with E-state index >= 15 is 0 Å². The molecule has 0 heterocycles. The van der Waals surface area contributed by atoms with Crippen molar-refractivity contribution in [2.24, 2.45) is 0 Å². The van der Waals surface area contributed by atoms with Crippen molar-refractivity contribution < 1.29 is 28.6 Å². The number of carbonyl (C=O) groups excluding carboxylic acids is 3. The number of allylic oxidation sites excluding steroid dienone is 12. The van der Waals surface area contributed by atoms with Crippen LogP contribution in [-0.2, 0) is 28.6 Å². The zero-order chi connectivity index (χ0) is 59.2. The fourth-order valence-corrected chi connectivity index (χ4v) is 10.6. The lowest BCUT2D eigenvalue weighted by Gasteiger charge is -2.18. The van der Waals surface area contributed by atoms with E-state index in [-0.39, 0.29) is 31.1 Å². The van der Waals surface area contributed by atoms with Crippen LogP contribution in [0, 0.1) is 0 Å². The minimum absolute atomic E-state index is 0.0805. The van der Waals surface area contributed by atoms with Crippen LogP contribution in [0.15, 0.2) is 72.9 Å². The van der Waals surface area contributed by atoms with Crippen LogP contribution < -0.4 is 0 Å². The molecule has 0 aromatic carbocycles. The summed E-state index contributed by atoms with van der Waals surface area (Å²) >= 11 is 0. The van der Waals surface area contributed by atoms with Crippen molar-refractivity contribution in [1.82, 2.24) is 0 Å². The first-order valence-corrected chi connectivity index (χ1v) is 35.9. The Morgan fingerprint density at radius 1 is 0.256 bits per heavy atom. The van der Waals surface area contributed by atoms with E-state index in [2.05, 4.69) is 93.7 Å². The van der Waals surface area contributed by atoms with Gasteiger partial charge in [0, 0.05) is 19.3 Å². The summed E-state index contributed by atoms with van der Waals surface area (Å²) in [6.45, 7) is 6.54. The maximum absolute atomic E-state index is 12.9. The SMILES string of the molecule is CC/C=C\C/C=C\C/C=C\C/C=C\CCCCCCC(=O)OC(COC(=O)CCCCCCCCCCCCCC)COC(=O)CCCCCCCCCCCCCCCCCCCCCCCCC/C=C\C/C=C\CCCCCCC. The van der Waals surface area contributed by atoms with Gasteiger partial charge in [-0.05, 0) is 89.9 Å². The van der Waals surface area contributed by atoms with E-state index in [0.717, 1.165) is 103 Å². The van der Waals surface area contributed by atoms with Crippen LogP contribution in [0.4, 0.5) is 0 Å². The number of esters is 3. The Balaban J connectivity index is 4.09. The molecule has 82 heavy (non-hydrogen) atoms. The van der Waals surface area contributed by atoms with Crippen molar-refractivity contribution in [1.29, 1.82) is 0 Å². The van der Waals surface area contributed by atoms with E-state index in [1.54, 1.807) is 0 Å². The van der Waals surface area contributed by atoms with Crippen molar-refractivity contribution in [2.45, 2.75) is 380 Å². The predicted octanol–water partition coefficient (Wildman–Crippen LogP) is 24.8. The first-order chi connectivity index (χ1) is 40.5. The molecule has 6 heteroatoms. The summed E-state index contributed by atoms with van der Waals surface area (Å²) in [5, 5.41) is 0. The average Bonchev–Trinajstić information content (AvgIpc) is 3.47. The molecular weight excluding hydrogens is 1010 g/mol. The van der Waals surface area contributed by atoms with Crippen LogP contribution in [0.5, 0.6) is 0 Å². The highest BCUT2D eigenvalue weighted by molar-refractivity contribution is 5.71. The maximum atomic E-state index is 12.9. The minimum Gasteiger partial charge on any atom is -0.462 e. The van der Waals surface area contributed by atoms with Gasteiger partial charge in [-0.2, -0.15) is 0 Å². The van der Waals surface area contributed by atoms with Crippen LogP contribution in [0.2, 0.25) is 0 Å². The average molecular weight is 1150 g/mol. The summed E-state index contributed by atoms with van der Waals surface area (Å²) in [6, 6.07) is 0. The number of hydrogen-bond acceptors (Lipinski definition) is 6. The highest BCUT2D eigenvalue weighted by Crippen LogP contribution is 2.18. The largest absolute Gasteiger partial charge is 0.462 e. The topological polar surface area (TPSA) is 78.9 Å². The first kappa shape index (κ1) is 78.8. The molecular formula is C76H136O6. The zero-order valence-electron chi connectivity index (χ0n) is 54.8. The number of ether oxygens (including phenoxy) is 3. The lowest BCUT2D eigenvalue weighted by atomic mass is 10.0. The second-order valence-corrected chi connectivity index (χ2v) is 24.1. The summed E-state index contributed by atoms with van der Waals surface area (Å²) in [6.07, 6.45) is 92.4. The molecule has 0 amide bonds. The van der Waals surface area contributed by atoms with Gasteiger partial charge in [0.15, 0.2) is 6.10 Å². The molecule has 0 fully saturated rings. The van der Waals surface area contributed by atoms with Gasteiger partial charge in [-0.1, -0.05) is 338 Å². The highest BCUT2D eigenvalue weighted by Gasteiger charge is 2.19. The second-order valence-electron chi connectivity index (χ2n) is 24.1. The Kier molecular flexibility index (Phi) is 67.6. The van der Waals surface area contributed by atoms with E-state index in [1.807, 2.05) is 0 Å². The number of rotatable bonds is 66. The molecule has 0 aromatic rings. The molecule has 0 N–H and O–H groups in total. The van der Waals surface area contributed by atoms with Gasteiger partial charge in [0.25, 0.3) is 0 Å². The smallest absolute Gasteiger partial charge is 0.306 e. The van der Waals surface area contributed by atoms with E-state index in [1.165, 1.54) is 231 Å². The Morgan fingerprint density at radius 3 is 0.744 bits per heavy atom. The van der Waals surface area contributed by atoms with Crippen molar-refractivity contribution in [3.63, 3.8) is 0 Å². The van der Waals surface area contributed by atoms with Crippen molar-refractivity contribution in [2.75, 3.05) is 13.2 Å². The fourth-order valence-electron chi connectivity index (χ4n) is 10.6. The maximum Gasteiger partial charge on any atom is 0.306 e. The van der Waals surface area contributed by atoms with Gasteiger partial charge >= 0.3 is 17.9 Å². The molecule has 0 radical (unpaired) electrons. The van der Waals surface area contributed by atoms with Gasteiger partial charge < -0.3 is 14.2 Å². The van der Waals surface area contributed by atoms with E-state index in [0.29, 0.717) is 19.3 Å². The Bertz CT molecular complexity index is 1500. The summed E-state index contributed by atoms with van der Waals surface area (Å²) < 4.78 is 16.9. The predicted molar refractivity (Wildman–Crippen MR) is 358 cm³/mol. The van der Waals surface area contributed by atoms with Crippen molar-refractivity contribution in [3.05, 3.63) is 72.9 Å². The summed E-state index contributed by atoms with van der Waals surface area (Å²) in [4.78, 5) is 38.3. The number of carbonyl (C=O) groups is 3. The van der Waals surface area contributed by atoms with E-state index < -0.39 is 6.10 Å². The number of unbranched alkanes of at least 4 members (excludes halogenated alkanes) is 43. The lowest BCUT2D eigenvalue weighted by molar-refractivity contribution is -0.167. The molecule has 1 atom stereocenters. The lowest BCUT2D eigenvalue weighted by Crippen LogP contribution is -2.30. The van der Waals surface area contributed by atoms with Crippen molar-refractivity contribution >= 4 is 17.9 Å². The molecule has 0 saturated carbocycles. The van der Waals surface area contributed by atoms with Gasteiger partial charge in [-0.15, -0.1) is 0 Å². The van der Waals surface area contributed by atoms with Gasteiger partial charge in [0.1, 0.15) is 13.2 Å². The summed E-state index contributed by atoms with van der Waals surface area (Å²) in [5.41, 5.74) is 0. The van der Waals surface area contributed by atoms with Crippen LogP contribution in [0.1, 0.15) is 374 Å². The van der Waals surface area contributed by atoms with Crippen molar-refractivity contribution in [3.8, 4) is 0 Å². The Hall–Kier alpha value is -3.15. The third-order valence-corrected chi connectivity index (χ3v) is 15.9.